The van der Waals surface area contributed by atoms with Crippen LogP contribution in [-0.4, -0.2) is 49.9 Å². The molecule has 0 aromatic heterocycles. The molecule has 1 aliphatic heterocycles. The van der Waals surface area contributed by atoms with Crippen molar-refractivity contribution in [3.63, 3.8) is 0 Å². The minimum absolute atomic E-state index is 0. The molecule has 4 nitrogen and oxygen atoms in total. The van der Waals surface area contributed by atoms with E-state index in [1.54, 1.807) is 12.1 Å². The Balaban J connectivity index is 0.00000180. The predicted molar refractivity (Wildman–Crippen MR) is 74.5 cm³/mol. The molecule has 1 fully saturated rings. The summed E-state index contributed by atoms with van der Waals surface area (Å²) < 4.78 is 19.0. The standard InChI is InChI=1S/C13H19FN2O2.ClH/c1-18-10-2-3-11(12(14)8-10)13(9-17)16-6-4-15-5-7-16;/h2-3,8,13,15,17H,4-7,9H2,1H3;1H/t13-;/m0./s1. The lowest BCUT2D eigenvalue weighted by molar-refractivity contribution is 0.108. The number of methoxy groups -OCH3 is 1. The Morgan fingerprint density at radius 3 is 2.63 bits per heavy atom. The summed E-state index contributed by atoms with van der Waals surface area (Å²) in [6.45, 7) is 3.29. The summed E-state index contributed by atoms with van der Waals surface area (Å²) >= 11 is 0. The highest BCUT2D eigenvalue weighted by Gasteiger charge is 2.24. The highest BCUT2D eigenvalue weighted by Crippen LogP contribution is 2.26. The Bertz CT molecular complexity index is 400. The molecule has 2 rings (SSSR count). The molecule has 1 atom stereocenters. The van der Waals surface area contributed by atoms with Gasteiger partial charge in [-0.2, -0.15) is 0 Å². The van der Waals surface area contributed by atoms with Gasteiger partial charge in [0.1, 0.15) is 11.6 Å². The van der Waals surface area contributed by atoms with Crippen molar-refractivity contribution in [2.45, 2.75) is 6.04 Å². The summed E-state index contributed by atoms with van der Waals surface area (Å²) in [7, 11) is 1.51. The Morgan fingerprint density at radius 2 is 2.11 bits per heavy atom. The quantitative estimate of drug-likeness (QED) is 0.874. The zero-order valence-corrected chi connectivity index (χ0v) is 11.8. The van der Waals surface area contributed by atoms with Crippen LogP contribution in [-0.2, 0) is 0 Å². The van der Waals surface area contributed by atoms with Gasteiger partial charge in [-0.25, -0.2) is 4.39 Å². The van der Waals surface area contributed by atoms with E-state index in [9.17, 15) is 9.50 Å². The molecule has 1 aliphatic rings. The summed E-state index contributed by atoms with van der Waals surface area (Å²) in [5.41, 5.74) is 0.528. The van der Waals surface area contributed by atoms with E-state index in [2.05, 4.69) is 10.2 Å². The van der Waals surface area contributed by atoms with E-state index in [1.807, 2.05) is 0 Å². The molecule has 0 saturated carbocycles. The van der Waals surface area contributed by atoms with Crippen molar-refractivity contribution >= 4 is 12.4 Å². The van der Waals surface area contributed by atoms with Gasteiger partial charge in [0.25, 0.3) is 0 Å². The number of aliphatic hydroxyl groups excluding tert-OH is 1. The zero-order valence-electron chi connectivity index (χ0n) is 10.9. The minimum Gasteiger partial charge on any atom is -0.497 e. The van der Waals surface area contributed by atoms with E-state index in [0.717, 1.165) is 26.2 Å². The number of piperazine rings is 1. The summed E-state index contributed by atoms with van der Waals surface area (Å²) in [5.74, 6) is 0.167. The third-order valence-corrected chi connectivity index (χ3v) is 3.33. The molecular formula is C13H20ClFN2O2. The van der Waals surface area contributed by atoms with Crippen LogP contribution in [0.3, 0.4) is 0 Å². The third kappa shape index (κ3) is 3.79. The maximum Gasteiger partial charge on any atom is 0.131 e. The lowest BCUT2D eigenvalue weighted by atomic mass is 10.0. The summed E-state index contributed by atoms with van der Waals surface area (Å²) in [5, 5.41) is 12.8. The number of hydrogen-bond donors (Lipinski definition) is 2. The average Bonchev–Trinajstić information content (AvgIpc) is 2.42. The second kappa shape index (κ2) is 7.65. The number of hydrogen-bond acceptors (Lipinski definition) is 4. The molecule has 6 heteroatoms. The monoisotopic (exact) mass is 290 g/mol. The Kier molecular flexibility index (Phi) is 6.51. The zero-order chi connectivity index (χ0) is 13.0. The van der Waals surface area contributed by atoms with Gasteiger partial charge in [0.2, 0.25) is 0 Å². The van der Waals surface area contributed by atoms with Gasteiger partial charge < -0.3 is 15.2 Å². The van der Waals surface area contributed by atoms with E-state index in [1.165, 1.54) is 13.2 Å². The molecule has 0 spiro atoms. The fourth-order valence-corrected chi connectivity index (χ4v) is 2.31. The first kappa shape index (κ1) is 16.2. The summed E-state index contributed by atoms with van der Waals surface area (Å²) in [6, 6.07) is 4.50. The highest BCUT2D eigenvalue weighted by molar-refractivity contribution is 5.85. The molecule has 1 heterocycles. The van der Waals surface area contributed by atoms with Crippen molar-refractivity contribution in [1.82, 2.24) is 10.2 Å². The number of benzene rings is 1. The van der Waals surface area contributed by atoms with Crippen molar-refractivity contribution < 1.29 is 14.2 Å². The van der Waals surface area contributed by atoms with Crippen LogP contribution in [0.2, 0.25) is 0 Å². The maximum absolute atomic E-state index is 14.0. The predicted octanol–water partition coefficient (Wildman–Crippen LogP) is 1.19. The van der Waals surface area contributed by atoms with Crippen LogP contribution < -0.4 is 10.1 Å². The highest BCUT2D eigenvalue weighted by atomic mass is 35.5. The lowest BCUT2D eigenvalue weighted by Crippen LogP contribution is -2.46. The van der Waals surface area contributed by atoms with Crippen LogP contribution in [0.25, 0.3) is 0 Å². The third-order valence-electron chi connectivity index (χ3n) is 3.33. The van der Waals surface area contributed by atoms with E-state index in [-0.39, 0.29) is 30.9 Å². The van der Waals surface area contributed by atoms with E-state index < -0.39 is 0 Å². The second-order valence-electron chi connectivity index (χ2n) is 4.37. The van der Waals surface area contributed by atoms with Gasteiger partial charge in [0.15, 0.2) is 0 Å². The Labute approximate surface area is 119 Å². The lowest BCUT2D eigenvalue weighted by Gasteiger charge is -2.34. The van der Waals surface area contributed by atoms with Gasteiger partial charge in [0.05, 0.1) is 19.8 Å². The molecule has 0 unspecified atom stereocenters. The first-order valence-electron chi connectivity index (χ1n) is 6.15. The maximum atomic E-state index is 14.0. The molecule has 1 aromatic rings. The number of nitrogens with zero attached hydrogens (tertiary/aromatic N) is 1. The molecular weight excluding hydrogens is 271 g/mol. The summed E-state index contributed by atoms with van der Waals surface area (Å²) in [4.78, 5) is 2.10. The molecule has 2 N–H and O–H groups in total. The molecule has 0 bridgehead atoms. The first-order chi connectivity index (χ1) is 8.76. The van der Waals surface area contributed by atoms with E-state index in [0.29, 0.717) is 11.3 Å². The van der Waals surface area contributed by atoms with E-state index in [4.69, 9.17) is 4.74 Å². The largest absolute Gasteiger partial charge is 0.497 e. The van der Waals surface area contributed by atoms with Crippen molar-refractivity contribution in [2.24, 2.45) is 0 Å². The van der Waals surface area contributed by atoms with Crippen molar-refractivity contribution in [1.29, 1.82) is 0 Å². The number of ether oxygens (including phenoxy) is 1. The van der Waals surface area contributed by atoms with Crippen LogP contribution in [0.4, 0.5) is 4.39 Å². The normalized spacial score (nSPS) is 17.6. The van der Waals surface area contributed by atoms with Crippen LogP contribution in [0.5, 0.6) is 5.75 Å². The first-order valence-corrected chi connectivity index (χ1v) is 6.15. The molecule has 0 aliphatic carbocycles. The molecule has 108 valence electrons. The van der Waals surface area contributed by atoms with Gasteiger partial charge in [-0.05, 0) is 6.07 Å². The number of halogens is 2. The smallest absolute Gasteiger partial charge is 0.131 e. The van der Waals surface area contributed by atoms with Gasteiger partial charge in [-0.1, -0.05) is 6.07 Å². The topological polar surface area (TPSA) is 44.7 Å². The Hall–Kier alpha value is -0.880. The van der Waals surface area contributed by atoms with Crippen LogP contribution >= 0.6 is 12.4 Å². The molecule has 1 aromatic carbocycles. The van der Waals surface area contributed by atoms with Gasteiger partial charge in [-0.15, -0.1) is 12.4 Å². The SMILES string of the molecule is COc1ccc([C@H](CO)N2CCNCC2)c(F)c1.Cl. The summed E-state index contributed by atoms with van der Waals surface area (Å²) in [6.07, 6.45) is 0. The van der Waals surface area contributed by atoms with Crippen LogP contribution in [0.1, 0.15) is 11.6 Å². The average molecular weight is 291 g/mol. The van der Waals surface area contributed by atoms with Crippen molar-refractivity contribution in [3.05, 3.63) is 29.6 Å². The molecule has 0 amide bonds. The molecule has 1 saturated heterocycles. The second-order valence-corrected chi connectivity index (χ2v) is 4.37. The van der Waals surface area contributed by atoms with Gasteiger partial charge in [0, 0.05) is 37.8 Å². The van der Waals surface area contributed by atoms with Crippen LogP contribution in [0, 0.1) is 5.82 Å². The number of nitrogens with one attached hydrogen (secondary N) is 1. The number of aliphatic hydroxyl groups is 1. The Morgan fingerprint density at radius 1 is 1.42 bits per heavy atom. The molecule has 0 radical (unpaired) electrons. The van der Waals surface area contributed by atoms with Gasteiger partial charge >= 0.3 is 0 Å². The van der Waals surface area contributed by atoms with E-state index >= 15 is 0 Å². The fraction of sp³-hybridized carbons (Fsp3) is 0.538. The fourth-order valence-electron chi connectivity index (χ4n) is 2.31. The van der Waals surface area contributed by atoms with Crippen molar-refractivity contribution in [2.75, 3.05) is 39.9 Å². The van der Waals surface area contributed by atoms with Gasteiger partial charge in [-0.3, -0.25) is 4.90 Å². The minimum atomic E-state index is -0.327. The van der Waals surface area contributed by atoms with Crippen molar-refractivity contribution in [3.8, 4) is 5.75 Å². The van der Waals surface area contributed by atoms with Crippen LogP contribution in [0.15, 0.2) is 18.2 Å². The number of rotatable bonds is 4. The molecule has 19 heavy (non-hydrogen) atoms.